The van der Waals surface area contributed by atoms with E-state index in [-0.39, 0.29) is 5.63 Å². The molecule has 3 aromatic carbocycles. The molecule has 27 heavy (non-hydrogen) atoms. The fraction of sp³-hybridized carbons (Fsp3) is 0.0417. The molecule has 0 aliphatic rings. The van der Waals surface area contributed by atoms with Crippen LogP contribution < -0.4 is 5.63 Å². The van der Waals surface area contributed by atoms with E-state index in [4.69, 9.17) is 4.42 Å². The van der Waals surface area contributed by atoms with Crippen LogP contribution in [0.25, 0.3) is 33.1 Å². The van der Waals surface area contributed by atoms with Crippen LogP contribution in [0.15, 0.2) is 100 Å². The van der Waals surface area contributed by atoms with E-state index in [1.165, 1.54) is 5.56 Å². The first-order valence-corrected chi connectivity index (χ1v) is 8.96. The third-order valence-electron chi connectivity index (χ3n) is 4.93. The predicted octanol–water partition coefficient (Wildman–Crippen LogP) is 5.46. The molecule has 0 fully saturated rings. The Morgan fingerprint density at radius 2 is 1.41 bits per heavy atom. The Morgan fingerprint density at radius 3 is 2.19 bits per heavy atom. The van der Waals surface area contributed by atoms with Gasteiger partial charge in [0.15, 0.2) is 0 Å². The van der Waals surface area contributed by atoms with Crippen molar-refractivity contribution >= 4 is 21.8 Å². The number of nitrogens with zero attached hydrogens (tertiary/aromatic N) is 1. The number of hydrogen-bond donors (Lipinski definition) is 0. The van der Waals surface area contributed by atoms with Crippen LogP contribution in [0.1, 0.15) is 5.56 Å². The van der Waals surface area contributed by atoms with Crippen molar-refractivity contribution in [2.75, 3.05) is 0 Å². The first kappa shape index (κ1) is 15.6. The molecular formula is C24H17NO2. The Balaban J connectivity index is 1.83. The minimum absolute atomic E-state index is 0.297. The van der Waals surface area contributed by atoms with Crippen molar-refractivity contribution in [2.45, 2.75) is 6.54 Å². The van der Waals surface area contributed by atoms with E-state index in [2.05, 4.69) is 22.8 Å². The molecular weight excluding hydrogens is 334 g/mol. The van der Waals surface area contributed by atoms with Gasteiger partial charge in [0.25, 0.3) is 0 Å². The van der Waals surface area contributed by atoms with Gasteiger partial charge in [0, 0.05) is 29.1 Å². The fourth-order valence-electron chi connectivity index (χ4n) is 3.67. The molecule has 5 rings (SSSR count). The molecule has 0 aliphatic heterocycles. The highest BCUT2D eigenvalue weighted by molar-refractivity contribution is 6.08. The molecule has 3 heteroatoms. The summed E-state index contributed by atoms with van der Waals surface area (Å²) >= 11 is 0. The minimum atomic E-state index is -0.297. The lowest BCUT2D eigenvalue weighted by Crippen LogP contribution is -2.03. The van der Waals surface area contributed by atoms with Gasteiger partial charge in [0.1, 0.15) is 5.76 Å². The predicted molar refractivity (Wildman–Crippen MR) is 109 cm³/mol. The monoisotopic (exact) mass is 351 g/mol. The molecule has 0 atom stereocenters. The largest absolute Gasteiger partial charge is 0.422 e. The first-order chi connectivity index (χ1) is 13.3. The molecule has 0 amide bonds. The standard InChI is InChI=1S/C24H17NO2/c26-24-23-19-13-7-8-14-20(19)25(16-17-9-3-1-4-10-17)21(23)15-22(27-24)18-11-5-2-6-12-18/h1-15H,16H2. The van der Waals surface area contributed by atoms with Crippen LogP contribution >= 0.6 is 0 Å². The summed E-state index contributed by atoms with van der Waals surface area (Å²) < 4.78 is 7.88. The Hall–Kier alpha value is -3.59. The Kier molecular flexibility index (Phi) is 3.65. The average Bonchev–Trinajstić information content (AvgIpc) is 3.04. The molecule has 0 radical (unpaired) electrons. The second-order valence-electron chi connectivity index (χ2n) is 6.61. The molecule has 130 valence electrons. The van der Waals surface area contributed by atoms with Gasteiger partial charge in [0.05, 0.1) is 10.9 Å². The lowest BCUT2D eigenvalue weighted by atomic mass is 10.1. The minimum Gasteiger partial charge on any atom is -0.422 e. The maximum Gasteiger partial charge on any atom is 0.346 e. The summed E-state index contributed by atoms with van der Waals surface area (Å²) in [5.74, 6) is 0.588. The molecule has 0 N–H and O–H groups in total. The number of fused-ring (bicyclic) bond motifs is 3. The van der Waals surface area contributed by atoms with E-state index >= 15 is 0 Å². The van der Waals surface area contributed by atoms with Crippen LogP contribution in [0.3, 0.4) is 0 Å². The maximum absolute atomic E-state index is 12.9. The van der Waals surface area contributed by atoms with Crippen molar-refractivity contribution in [3.63, 3.8) is 0 Å². The summed E-state index contributed by atoms with van der Waals surface area (Å²) in [5.41, 5.74) is 3.72. The molecule has 0 saturated heterocycles. The second-order valence-corrected chi connectivity index (χ2v) is 6.61. The zero-order valence-electron chi connectivity index (χ0n) is 14.6. The molecule has 0 bridgehead atoms. The van der Waals surface area contributed by atoms with Gasteiger partial charge in [-0.2, -0.15) is 0 Å². The summed E-state index contributed by atoms with van der Waals surface area (Å²) in [6, 6.07) is 30.0. The molecule has 0 saturated carbocycles. The van der Waals surface area contributed by atoms with E-state index in [0.717, 1.165) is 22.0 Å². The quantitative estimate of drug-likeness (QED) is 0.432. The van der Waals surface area contributed by atoms with E-state index in [1.54, 1.807) is 0 Å². The lowest BCUT2D eigenvalue weighted by Gasteiger charge is -2.08. The van der Waals surface area contributed by atoms with E-state index in [1.807, 2.05) is 72.8 Å². The van der Waals surface area contributed by atoms with Crippen LogP contribution in [0.4, 0.5) is 0 Å². The van der Waals surface area contributed by atoms with Gasteiger partial charge in [-0.3, -0.25) is 0 Å². The highest BCUT2D eigenvalue weighted by atomic mass is 16.4. The Labute approximate surface area is 156 Å². The topological polar surface area (TPSA) is 35.1 Å². The first-order valence-electron chi connectivity index (χ1n) is 8.96. The zero-order chi connectivity index (χ0) is 18.2. The number of para-hydroxylation sites is 1. The number of aromatic nitrogens is 1. The van der Waals surface area contributed by atoms with Crippen molar-refractivity contribution in [1.29, 1.82) is 0 Å². The van der Waals surface area contributed by atoms with Gasteiger partial charge in [-0.15, -0.1) is 0 Å². The summed E-state index contributed by atoms with van der Waals surface area (Å²) in [6.45, 7) is 0.697. The third-order valence-corrected chi connectivity index (χ3v) is 4.93. The van der Waals surface area contributed by atoms with Gasteiger partial charge in [-0.1, -0.05) is 78.9 Å². The molecule has 0 unspecified atom stereocenters. The highest BCUT2D eigenvalue weighted by Crippen LogP contribution is 2.30. The summed E-state index contributed by atoms with van der Waals surface area (Å²) in [5, 5.41) is 1.57. The lowest BCUT2D eigenvalue weighted by molar-refractivity contribution is 0.534. The maximum atomic E-state index is 12.9. The smallest absolute Gasteiger partial charge is 0.346 e. The fourth-order valence-corrected chi connectivity index (χ4v) is 3.67. The molecule has 2 aromatic heterocycles. The molecule has 0 spiro atoms. The zero-order valence-corrected chi connectivity index (χ0v) is 14.6. The van der Waals surface area contributed by atoms with Gasteiger partial charge in [-0.05, 0) is 11.6 Å². The summed E-state index contributed by atoms with van der Waals surface area (Å²) in [7, 11) is 0. The van der Waals surface area contributed by atoms with Crippen molar-refractivity contribution in [1.82, 2.24) is 4.57 Å². The van der Waals surface area contributed by atoms with Crippen LogP contribution in [0.2, 0.25) is 0 Å². The molecule has 5 aromatic rings. The van der Waals surface area contributed by atoms with Crippen molar-refractivity contribution < 1.29 is 4.42 Å². The normalized spacial score (nSPS) is 11.3. The van der Waals surface area contributed by atoms with Crippen molar-refractivity contribution in [3.05, 3.63) is 107 Å². The number of hydrogen-bond acceptors (Lipinski definition) is 2. The molecule has 2 heterocycles. The van der Waals surface area contributed by atoms with Gasteiger partial charge in [0.2, 0.25) is 0 Å². The number of benzene rings is 3. The van der Waals surface area contributed by atoms with Gasteiger partial charge < -0.3 is 8.98 Å². The van der Waals surface area contributed by atoms with Gasteiger partial charge in [-0.25, -0.2) is 4.79 Å². The summed E-state index contributed by atoms with van der Waals surface area (Å²) in [6.07, 6.45) is 0. The van der Waals surface area contributed by atoms with E-state index < -0.39 is 0 Å². The average molecular weight is 351 g/mol. The van der Waals surface area contributed by atoms with Crippen LogP contribution in [-0.2, 0) is 6.54 Å². The van der Waals surface area contributed by atoms with Crippen LogP contribution in [0.5, 0.6) is 0 Å². The second kappa shape index (κ2) is 6.29. The van der Waals surface area contributed by atoms with E-state index in [0.29, 0.717) is 17.7 Å². The number of rotatable bonds is 3. The van der Waals surface area contributed by atoms with Crippen molar-refractivity contribution in [2.24, 2.45) is 0 Å². The SMILES string of the molecule is O=c1oc(-c2ccccc2)cc2c1c1ccccc1n2Cc1ccccc1. The van der Waals surface area contributed by atoms with Gasteiger partial charge >= 0.3 is 5.63 Å². The molecule has 3 nitrogen and oxygen atoms in total. The Morgan fingerprint density at radius 1 is 0.741 bits per heavy atom. The summed E-state index contributed by atoms with van der Waals surface area (Å²) in [4.78, 5) is 12.9. The third kappa shape index (κ3) is 2.64. The van der Waals surface area contributed by atoms with Crippen LogP contribution in [-0.4, -0.2) is 4.57 Å². The van der Waals surface area contributed by atoms with Crippen molar-refractivity contribution in [3.8, 4) is 11.3 Å². The Bertz CT molecular complexity index is 1300. The molecule has 0 aliphatic carbocycles. The highest BCUT2D eigenvalue weighted by Gasteiger charge is 2.16. The van der Waals surface area contributed by atoms with Crippen LogP contribution in [0, 0.1) is 0 Å². The van der Waals surface area contributed by atoms with E-state index in [9.17, 15) is 4.79 Å².